The Kier molecular flexibility index (Phi) is 5.18. The maximum Gasteiger partial charge on any atom is 0.253 e. The Morgan fingerprint density at radius 3 is 2.26 bits per heavy atom. The fourth-order valence-electron chi connectivity index (χ4n) is 2.23. The predicted octanol–water partition coefficient (Wildman–Crippen LogP) is 2.18. The fourth-order valence-corrected chi connectivity index (χ4v) is 2.96. The Balaban J connectivity index is 2.15. The van der Waals surface area contributed by atoms with Crippen LogP contribution in [0, 0.1) is 6.92 Å². The third-order valence-corrected chi connectivity index (χ3v) is 5.13. The van der Waals surface area contributed by atoms with Crippen molar-refractivity contribution in [3.05, 3.63) is 65.2 Å². The van der Waals surface area contributed by atoms with E-state index in [1.807, 2.05) is 31.2 Å². The summed E-state index contributed by atoms with van der Waals surface area (Å²) in [5.74, 6) is -0.151. The highest BCUT2D eigenvalue weighted by Gasteiger charge is 2.15. The maximum atomic E-state index is 12.5. The fraction of sp³-hybridized carbons (Fsp3) is 0.235. The topological polar surface area (TPSA) is 66.5 Å². The Bertz CT molecular complexity index is 799. The number of hydrogen-bond donors (Lipinski definition) is 1. The van der Waals surface area contributed by atoms with Gasteiger partial charge < -0.3 is 4.90 Å². The van der Waals surface area contributed by atoms with Gasteiger partial charge >= 0.3 is 0 Å². The molecule has 0 heterocycles. The van der Waals surface area contributed by atoms with Crippen molar-refractivity contribution in [1.82, 2.24) is 9.62 Å². The molecule has 5 nitrogen and oxygen atoms in total. The molecule has 0 radical (unpaired) electrons. The van der Waals surface area contributed by atoms with E-state index in [9.17, 15) is 13.2 Å². The van der Waals surface area contributed by atoms with Crippen molar-refractivity contribution in [2.45, 2.75) is 18.4 Å². The van der Waals surface area contributed by atoms with Gasteiger partial charge in [0.15, 0.2) is 0 Å². The van der Waals surface area contributed by atoms with E-state index in [-0.39, 0.29) is 10.8 Å². The zero-order valence-electron chi connectivity index (χ0n) is 13.4. The summed E-state index contributed by atoms with van der Waals surface area (Å²) >= 11 is 0. The summed E-state index contributed by atoms with van der Waals surface area (Å²) in [7, 11) is -0.409. The van der Waals surface area contributed by atoms with E-state index < -0.39 is 10.0 Å². The SMILES string of the molecule is CNS(=O)(=O)c1ccc(C(=O)N(C)Cc2ccccc2C)cc1. The van der Waals surface area contributed by atoms with Gasteiger partial charge in [-0.1, -0.05) is 24.3 Å². The van der Waals surface area contributed by atoms with Crippen LogP contribution in [-0.2, 0) is 16.6 Å². The lowest BCUT2D eigenvalue weighted by atomic mass is 10.1. The minimum absolute atomic E-state index is 0.137. The molecule has 0 bridgehead atoms. The van der Waals surface area contributed by atoms with Crippen molar-refractivity contribution in [2.24, 2.45) is 0 Å². The molecule has 0 saturated heterocycles. The standard InChI is InChI=1S/C17H20N2O3S/c1-13-6-4-5-7-15(13)12-19(3)17(20)14-8-10-16(11-9-14)23(21,22)18-2/h4-11,18H,12H2,1-3H3. The molecule has 2 rings (SSSR count). The van der Waals surface area contributed by atoms with E-state index >= 15 is 0 Å². The van der Waals surface area contributed by atoms with Crippen LogP contribution in [0.15, 0.2) is 53.4 Å². The van der Waals surface area contributed by atoms with Crippen LogP contribution in [-0.4, -0.2) is 33.3 Å². The van der Waals surface area contributed by atoms with Crippen LogP contribution in [0.2, 0.25) is 0 Å². The number of amides is 1. The number of nitrogens with zero attached hydrogens (tertiary/aromatic N) is 1. The number of carbonyl (C=O) groups is 1. The number of benzene rings is 2. The molecule has 0 spiro atoms. The van der Waals surface area contributed by atoms with Crippen molar-refractivity contribution in [1.29, 1.82) is 0 Å². The first kappa shape index (κ1) is 17.2. The number of hydrogen-bond acceptors (Lipinski definition) is 3. The number of rotatable bonds is 5. The van der Waals surface area contributed by atoms with Crippen LogP contribution in [0.25, 0.3) is 0 Å². The quantitative estimate of drug-likeness (QED) is 0.912. The Hall–Kier alpha value is -2.18. The van der Waals surface area contributed by atoms with E-state index in [4.69, 9.17) is 0 Å². The summed E-state index contributed by atoms with van der Waals surface area (Å²) in [6.07, 6.45) is 0. The molecule has 2 aromatic carbocycles. The molecule has 2 aromatic rings. The number of carbonyl (C=O) groups excluding carboxylic acids is 1. The largest absolute Gasteiger partial charge is 0.337 e. The van der Waals surface area contributed by atoms with Crippen molar-refractivity contribution in [3.8, 4) is 0 Å². The molecule has 0 atom stereocenters. The van der Waals surface area contributed by atoms with Gasteiger partial charge in [0.1, 0.15) is 0 Å². The molecule has 1 amide bonds. The molecular weight excluding hydrogens is 312 g/mol. The van der Waals surface area contributed by atoms with Gasteiger partial charge in [-0.05, 0) is 49.4 Å². The van der Waals surface area contributed by atoms with E-state index in [0.717, 1.165) is 11.1 Å². The molecule has 0 aliphatic carbocycles. The number of nitrogens with one attached hydrogen (secondary N) is 1. The average Bonchev–Trinajstić information content (AvgIpc) is 2.56. The van der Waals surface area contributed by atoms with E-state index in [2.05, 4.69) is 4.72 Å². The molecule has 0 aromatic heterocycles. The first-order chi connectivity index (χ1) is 10.8. The lowest BCUT2D eigenvalue weighted by Crippen LogP contribution is -2.26. The van der Waals surface area contributed by atoms with Gasteiger partial charge in [0.2, 0.25) is 10.0 Å². The molecule has 0 saturated carbocycles. The lowest BCUT2D eigenvalue weighted by molar-refractivity contribution is 0.0785. The molecule has 0 fully saturated rings. The van der Waals surface area contributed by atoms with E-state index in [1.54, 1.807) is 11.9 Å². The summed E-state index contributed by atoms with van der Waals surface area (Å²) < 4.78 is 25.6. The lowest BCUT2D eigenvalue weighted by Gasteiger charge is -2.18. The smallest absolute Gasteiger partial charge is 0.253 e. The third kappa shape index (κ3) is 3.97. The highest BCUT2D eigenvalue weighted by atomic mass is 32.2. The van der Waals surface area contributed by atoms with Gasteiger partial charge in [0.25, 0.3) is 5.91 Å². The summed E-state index contributed by atoms with van der Waals surface area (Å²) in [5.41, 5.74) is 2.66. The van der Waals surface area contributed by atoms with Gasteiger partial charge in [0, 0.05) is 19.2 Å². The van der Waals surface area contributed by atoms with Crippen molar-refractivity contribution < 1.29 is 13.2 Å². The van der Waals surface area contributed by atoms with Crippen LogP contribution in [0.5, 0.6) is 0 Å². The van der Waals surface area contributed by atoms with E-state index in [0.29, 0.717) is 12.1 Å². The van der Waals surface area contributed by atoms with Crippen molar-refractivity contribution in [2.75, 3.05) is 14.1 Å². The van der Waals surface area contributed by atoms with Crippen LogP contribution < -0.4 is 4.72 Å². The monoisotopic (exact) mass is 332 g/mol. The minimum atomic E-state index is -3.49. The molecule has 122 valence electrons. The van der Waals surface area contributed by atoms with Gasteiger partial charge in [-0.3, -0.25) is 4.79 Å². The zero-order chi connectivity index (χ0) is 17.0. The Morgan fingerprint density at radius 1 is 1.09 bits per heavy atom. The highest BCUT2D eigenvalue weighted by molar-refractivity contribution is 7.89. The number of aryl methyl sites for hydroxylation is 1. The Morgan fingerprint density at radius 2 is 1.70 bits per heavy atom. The maximum absolute atomic E-state index is 12.5. The van der Waals surface area contributed by atoms with Crippen LogP contribution in [0.3, 0.4) is 0 Å². The average molecular weight is 332 g/mol. The van der Waals surface area contributed by atoms with E-state index in [1.165, 1.54) is 31.3 Å². The second-order valence-electron chi connectivity index (χ2n) is 5.32. The molecule has 0 aliphatic rings. The predicted molar refractivity (Wildman–Crippen MR) is 89.7 cm³/mol. The summed E-state index contributed by atoms with van der Waals surface area (Å²) in [4.78, 5) is 14.2. The zero-order valence-corrected chi connectivity index (χ0v) is 14.2. The van der Waals surface area contributed by atoms with Crippen molar-refractivity contribution in [3.63, 3.8) is 0 Å². The molecule has 23 heavy (non-hydrogen) atoms. The highest BCUT2D eigenvalue weighted by Crippen LogP contribution is 2.14. The summed E-state index contributed by atoms with van der Waals surface area (Å²) in [6, 6.07) is 13.8. The van der Waals surface area contributed by atoms with Crippen LogP contribution in [0.1, 0.15) is 21.5 Å². The van der Waals surface area contributed by atoms with Gasteiger partial charge in [-0.2, -0.15) is 0 Å². The first-order valence-corrected chi connectivity index (χ1v) is 8.67. The summed E-state index contributed by atoms with van der Waals surface area (Å²) in [5, 5.41) is 0. The van der Waals surface area contributed by atoms with Gasteiger partial charge in [0.05, 0.1) is 4.90 Å². The molecule has 0 unspecified atom stereocenters. The normalized spacial score (nSPS) is 11.3. The van der Waals surface area contributed by atoms with Gasteiger partial charge in [-0.25, -0.2) is 13.1 Å². The first-order valence-electron chi connectivity index (χ1n) is 7.19. The molecule has 0 aliphatic heterocycles. The third-order valence-electron chi connectivity index (χ3n) is 3.70. The minimum Gasteiger partial charge on any atom is -0.337 e. The van der Waals surface area contributed by atoms with Crippen molar-refractivity contribution >= 4 is 15.9 Å². The second-order valence-corrected chi connectivity index (χ2v) is 7.21. The summed E-state index contributed by atoms with van der Waals surface area (Å²) in [6.45, 7) is 2.51. The molecule has 6 heteroatoms. The van der Waals surface area contributed by atoms with Gasteiger partial charge in [-0.15, -0.1) is 0 Å². The Labute approximate surface area is 137 Å². The van der Waals surface area contributed by atoms with Crippen LogP contribution >= 0.6 is 0 Å². The molecular formula is C17H20N2O3S. The number of sulfonamides is 1. The van der Waals surface area contributed by atoms with Crippen LogP contribution in [0.4, 0.5) is 0 Å². The second kappa shape index (κ2) is 6.93. The molecule has 1 N–H and O–H groups in total.